The molecule has 1 saturated heterocycles. The van der Waals surface area contributed by atoms with Gasteiger partial charge in [0.1, 0.15) is 19.0 Å². The average Bonchev–Trinajstić information content (AvgIpc) is 3.28. The largest absolute Gasteiger partial charge is 0.491 e. The number of aromatic nitrogens is 2. The van der Waals surface area contributed by atoms with E-state index in [9.17, 15) is 4.79 Å². The van der Waals surface area contributed by atoms with Gasteiger partial charge in [0.2, 0.25) is 0 Å². The number of amides is 1. The Hall–Kier alpha value is -3.06. The summed E-state index contributed by atoms with van der Waals surface area (Å²) in [6.07, 6.45) is 1.28. The molecule has 1 aliphatic heterocycles. The van der Waals surface area contributed by atoms with Gasteiger partial charge in [-0.25, -0.2) is 9.78 Å². The Morgan fingerprint density at radius 2 is 2.08 bits per heavy atom. The molecule has 0 spiro atoms. The topological polar surface area (TPSA) is 76.7 Å². The smallest absolute Gasteiger partial charge is 0.415 e. The molecule has 1 aromatic heterocycles. The molecule has 26 heavy (non-hydrogen) atoms. The summed E-state index contributed by atoms with van der Waals surface area (Å²) in [7, 11) is 1.64. The zero-order valence-electron chi connectivity index (χ0n) is 14.3. The van der Waals surface area contributed by atoms with Crippen LogP contribution in [0.3, 0.4) is 0 Å². The van der Waals surface area contributed by atoms with E-state index < -0.39 is 0 Å². The summed E-state index contributed by atoms with van der Waals surface area (Å²) in [5, 5.41) is 0. The normalized spacial score (nSPS) is 16.9. The Balaban J connectivity index is 1.57. The van der Waals surface area contributed by atoms with E-state index in [-0.39, 0.29) is 12.1 Å². The molecule has 0 radical (unpaired) electrons. The van der Waals surface area contributed by atoms with Gasteiger partial charge < -0.3 is 19.2 Å². The number of aromatic amines is 1. The second kappa shape index (κ2) is 7.05. The molecule has 7 heteroatoms. The van der Waals surface area contributed by atoms with E-state index in [4.69, 9.17) is 14.2 Å². The number of benzene rings is 2. The van der Waals surface area contributed by atoms with Crippen LogP contribution in [0, 0.1) is 0 Å². The van der Waals surface area contributed by atoms with Crippen LogP contribution in [0.1, 0.15) is 11.6 Å². The molecule has 1 unspecified atom stereocenters. The maximum atomic E-state index is 12.3. The summed E-state index contributed by atoms with van der Waals surface area (Å²) in [4.78, 5) is 21.3. The third-order valence-corrected chi connectivity index (χ3v) is 4.38. The van der Waals surface area contributed by atoms with E-state index in [0.29, 0.717) is 19.8 Å². The lowest BCUT2D eigenvalue weighted by molar-refractivity contribution is 0.146. The van der Waals surface area contributed by atoms with Gasteiger partial charge in [0.25, 0.3) is 0 Å². The number of rotatable bonds is 6. The van der Waals surface area contributed by atoms with E-state index in [2.05, 4.69) is 9.97 Å². The van der Waals surface area contributed by atoms with Crippen LogP contribution in [0.2, 0.25) is 0 Å². The summed E-state index contributed by atoms with van der Waals surface area (Å²) < 4.78 is 15.9. The molecule has 1 atom stereocenters. The number of hydrogen-bond acceptors (Lipinski definition) is 5. The van der Waals surface area contributed by atoms with Crippen molar-refractivity contribution in [2.45, 2.75) is 6.04 Å². The summed E-state index contributed by atoms with van der Waals surface area (Å²) in [6.45, 7) is 1.34. The third-order valence-electron chi connectivity index (χ3n) is 4.38. The Kier molecular flexibility index (Phi) is 4.45. The van der Waals surface area contributed by atoms with E-state index in [1.54, 1.807) is 18.3 Å². The number of H-pyrrole nitrogens is 1. The van der Waals surface area contributed by atoms with Crippen LogP contribution >= 0.6 is 0 Å². The van der Waals surface area contributed by atoms with Gasteiger partial charge in [0, 0.05) is 7.11 Å². The summed E-state index contributed by atoms with van der Waals surface area (Å²) in [5.41, 5.74) is 3.48. The first-order chi connectivity index (χ1) is 12.8. The SMILES string of the molecule is COCCOc1ccc(C2COC(=O)N2c2ccc3[nH]cnc3c2)cc1. The van der Waals surface area contributed by atoms with E-state index in [1.165, 1.54) is 0 Å². The van der Waals surface area contributed by atoms with Crippen molar-refractivity contribution in [1.82, 2.24) is 9.97 Å². The van der Waals surface area contributed by atoms with Crippen LogP contribution in [0.5, 0.6) is 5.75 Å². The number of cyclic esters (lactones) is 1. The van der Waals surface area contributed by atoms with Crippen molar-refractivity contribution >= 4 is 22.8 Å². The molecule has 1 amide bonds. The Bertz CT molecular complexity index is 907. The monoisotopic (exact) mass is 353 g/mol. The average molecular weight is 353 g/mol. The van der Waals surface area contributed by atoms with Gasteiger partial charge in [0.15, 0.2) is 0 Å². The second-order valence-corrected chi connectivity index (χ2v) is 5.98. The van der Waals surface area contributed by atoms with Crippen molar-refractivity contribution in [3.05, 3.63) is 54.4 Å². The molecular weight excluding hydrogens is 334 g/mol. The molecule has 134 valence electrons. The van der Waals surface area contributed by atoms with Gasteiger partial charge in [-0.05, 0) is 35.9 Å². The number of ether oxygens (including phenoxy) is 3. The Morgan fingerprint density at radius 1 is 1.23 bits per heavy atom. The number of fused-ring (bicyclic) bond motifs is 1. The zero-order valence-corrected chi connectivity index (χ0v) is 14.3. The lowest BCUT2D eigenvalue weighted by Crippen LogP contribution is -2.27. The molecule has 7 nitrogen and oxygen atoms in total. The molecule has 0 saturated carbocycles. The molecule has 2 heterocycles. The molecule has 4 rings (SSSR count). The lowest BCUT2D eigenvalue weighted by Gasteiger charge is -2.22. The zero-order chi connectivity index (χ0) is 17.9. The molecule has 0 aliphatic carbocycles. The van der Waals surface area contributed by atoms with Gasteiger partial charge in [0.05, 0.1) is 35.7 Å². The lowest BCUT2D eigenvalue weighted by atomic mass is 10.1. The van der Waals surface area contributed by atoms with E-state index in [0.717, 1.165) is 28.0 Å². The molecule has 1 N–H and O–H groups in total. The Labute approximate surface area is 150 Å². The van der Waals surface area contributed by atoms with Crippen LogP contribution in [0.4, 0.5) is 10.5 Å². The van der Waals surface area contributed by atoms with Crippen LogP contribution in [-0.4, -0.2) is 43.0 Å². The molecular formula is C19H19N3O4. The first-order valence-corrected chi connectivity index (χ1v) is 8.37. The van der Waals surface area contributed by atoms with Crippen molar-refractivity contribution in [3.8, 4) is 5.75 Å². The van der Waals surface area contributed by atoms with Gasteiger partial charge in [-0.15, -0.1) is 0 Å². The minimum Gasteiger partial charge on any atom is -0.491 e. The maximum Gasteiger partial charge on any atom is 0.415 e. The fourth-order valence-corrected chi connectivity index (χ4v) is 3.05. The Morgan fingerprint density at radius 3 is 2.88 bits per heavy atom. The predicted octanol–water partition coefficient (Wildman–Crippen LogP) is 3.29. The minimum absolute atomic E-state index is 0.188. The summed E-state index contributed by atoms with van der Waals surface area (Å²) >= 11 is 0. The predicted molar refractivity (Wildman–Crippen MR) is 96.5 cm³/mol. The van der Waals surface area contributed by atoms with Crippen LogP contribution < -0.4 is 9.64 Å². The minimum atomic E-state index is -0.356. The molecule has 2 aromatic carbocycles. The molecule has 3 aromatic rings. The third kappa shape index (κ3) is 3.09. The molecule has 1 aliphatic rings. The second-order valence-electron chi connectivity index (χ2n) is 5.98. The highest BCUT2D eigenvalue weighted by Gasteiger charge is 2.35. The van der Waals surface area contributed by atoms with Gasteiger partial charge >= 0.3 is 6.09 Å². The van der Waals surface area contributed by atoms with Crippen LogP contribution in [0.25, 0.3) is 11.0 Å². The number of carbonyl (C=O) groups is 1. The highest BCUT2D eigenvalue weighted by Crippen LogP contribution is 2.34. The van der Waals surface area contributed by atoms with Crippen molar-refractivity contribution in [1.29, 1.82) is 0 Å². The quantitative estimate of drug-likeness (QED) is 0.688. The van der Waals surface area contributed by atoms with Crippen molar-refractivity contribution in [2.75, 3.05) is 31.8 Å². The molecule has 1 fully saturated rings. The first kappa shape index (κ1) is 16.4. The number of imidazole rings is 1. The van der Waals surface area contributed by atoms with Crippen molar-refractivity contribution in [2.24, 2.45) is 0 Å². The van der Waals surface area contributed by atoms with Crippen LogP contribution in [-0.2, 0) is 9.47 Å². The number of methoxy groups -OCH3 is 1. The molecule has 0 bridgehead atoms. The number of nitrogens with one attached hydrogen (secondary N) is 1. The summed E-state index contributed by atoms with van der Waals surface area (Å²) in [6, 6.07) is 13.2. The van der Waals surface area contributed by atoms with Gasteiger partial charge in [-0.1, -0.05) is 12.1 Å². The first-order valence-electron chi connectivity index (χ1n) is 8.37. The summed E-state index contributed by atoms with van der Waals surface area (Å²) in [5.74, 6) is 0.764. The van der Waals surface area contributed by atoms with Crippen molar-refractivity contribution in [3.63, 3.8) is 0 Å². The number of hydrogen-bond donors (Lipinski definition) is 1. The fourth-order valence-electron chi connectivity index (χ4n) is 3.05. The van der Waals surface area contributed by atoms with Gasteiger partial charge in [-0.3, -0.25) is 4.90 Å². The standard InChI is InChI=1S/C19H19N3O4/c1-24-8-9-25-15-5-2-13(3-6-15)18-11-26-19(23)22(18)14-4-7-16-17(10-14)21-12-20-16/h2-7,10,12,18H,8-9,11H2,1H3,(H,20,21). The van der Waals surface area contributed by atoms with Crippen molar-refractivity contribution < 1.29 is 19.0 Å². The van der Waals surface area contributed by atoms with Crippen LogP contribution in [0.15, 0.2) is 48.8 Å². The number of carbonyl (C=O) groups excluding carboxylic acids is 1. The maximum absolute atomic E-state index is 12.3. The number of nitrogens with zero attached hydrogens (tertiary/aromatic N) is 2. The fraction of sp³-hybridized carbons (Fsp3) is 0.263. The highest BCUT2D eigenvalue weighted by molar-refractivity contribution is 5.93. The number of anilines is 1. The highest BCUT2D eigenvalue weighted by atomic mass is 16.6. The van der Waals surface area contributed by atoms with Gasteiger partial charge in [-0.2, -0.15) is 0 Å². The van der Waals surface area contributed by atoms with E-state index in [1.807, 2.05) is 42.5 Å². The van der Waals surface area contributed by atoms with E-state index >= 15 is 0 Å².